The second-order valence-electron chi connectivity index (χ2n) is 6.42. The van der Waals surface area contributed by atoms with Crippen molar-refractivity contribution in [3.63, 3.8) is 0 Å². The summed E-state index contributed by atoms with van der Waals surface area (Å²) in [5.74, 6) is 1.10. The molecule has 4 aromatic rings. The van der Waals surface area contributed by atoms with Gasteiger partial charge in [-0.2, -0.15) is 0 Å². The van der Waals surface area contributed by atoms with Gasteiger partial charge in [-0.05, 0) is 30.2 Å². The van der Waals surface area contributed by atoms with Crippen LogP contribution in [0.4, 0.5) is 0 Å². The number of para-hydroxylation sites is 2. The molecule has 4 rings (SSSR count). The van der Waals surface area contributed by atoms with Crippen LogP contribution < -0.4 is 0 Å². The molecule has 0 radical (unpaired) electrons. The van der Waals surface area contributed by atoms with Gasteiger partial charge in [0.05, 0.1) is 11.0 Å². The van der Waals surface area contributed by atoms with E-state index >= 15 is 0 Å². The number of imidazole rings is 1. The van der Waals surface area contributed by atoms with Gasteiger partial charge in [-0.3, -0.25) is 4.79 Å². The smallest absolute Gasteiger partial charge is 0.164 e. The summed E-state index contributed by atoms with van der Waals surface area (Å²) in [5, 5.41) is 0. The van der Waals surface area contributed by atoms with E-state index in [2.05, 4.69) is 27.8 Å². The molecule has 0 amide bonds. The minimum absolute atomic E-state index is 0.154. The zero-order valence-corrected chi connectivity index (χ0v) is 14.7. The molecule has 0 saturated heterocycles. The molecule has 0 atom stereocenters. The van der Waals surface area contributed by atoms with Gasteiger partial charge in [0, 0.05) is 18.5 Å². The molecule has 3 heteroatoms. The number of carbonyl (C=O) groups is 1. The first-order chi connectivity index (χ1) is 12.7. The molecular formula is C23H20N2O. The van der Waals surface area contributed by atoms with Crippen LogP contribution in [0.2, 0.25) is 0 Å². The Morgan fingerprint density at radius 1 is 0.846 bits per heavy atom. The van der Waals surface area contributed by atoms with E-state index in [4.69, 9.17) is 0 Å². The van der Waals surface area contributed by atoms with Gasteiger partial charge in [-0.25, -0.2) is 4.98 Å². The van der Waals surface area contributed by atoms with Gasteiger partial charge >= 0.3 is 0 Å². The van der Waals surface area contributed by atoms with Crippen LogP contribution >= 0.6 is 0 Å². The van der Waals surface area contributed by atoms with Crippen LogP contribution in [0, 0.1) is 6.92 Å². The van der Waals surface area contributed by atoms with Gasteiger partial charge in [0.15, 0.2) is 5.78 Å². The van der Waals surface area contributed by atoms with Gasteiger partial charge in [-0.1, -0.05) is 66.7 Å². The quantitative estimate of drug-likeness (QED) is 0.463. The highest BCUT2D eigenvalue weighted by Crippen LogP contribution is 2.20. The lowest BCUT2D eigenvalue weighted by Crippen LogP contribution is -2.07. The van der Waals surface area contributed by atoms with Crippen LogP contribution in [0.1, 0.15) is 22.6 Å². The van der Waals surface area contributed by atoms with Crippen molar-refractivity contribution < 1.29 is 4.79 Å². The van der Waals surface area contributed by atoms with E-state index in [-0.39, 0.29) is 5.78 Å². The second-order valence-corrected chi connectivity index (χ2v) is 6.42. The van der Waals surface area contributed by atoms with E-state index in [9.17, 15) is 4.79 Å². The van der Waals surface area contributed by atoms with Gasteiger partial charge in [0.25, 0.3) is 0 Å². The Bertz CT molecular complexity index is 1050. The van der Waals surface area contributed by atoms with Crippen LogP contribution in [0.15, 0.2) is 78.9 Å². The Balaban J connectivity index is 1.49. The van der Waals surface area contributed by atoms with Crippen molar-refractivity contribution >= 4 is 16.8 Å². The summed E-state index contributed by atoms with van der Waals surface area (Å²) in [6.45, 7) is 2.63. The van der Waals surface area contributed by atoms with Gasteiger partial charge in [0.1, 0.15) is 5.82 Å². The molecule has 0 aliphatic heterocycles. The summed E-state index contributed by atoms with van der Waals surface area (Å²) in [6, 6.07) is 26.1. The first kappa shape index (κ1) is 16.3. The molecule has 0 spiro atoms. The molecule has 0 N–H and O–H groups in total. The normalized spacial score (nSPS) is 11.0. The number of aromatic nitrogens is 2. The molecule has 128 valence electrons. The molecule has 0 bridgehead atoms. The first-order valence-corrected chi connectivity index (χ1v) is 8.83. The third kappa shape index (κ3) is 3.16. The monoisotopic (exact) mass is 340 g/mol. The van der Waals surface area contributed by atoms with Gasteiger partial charge in [-0.15, -0.1) is 0 Å². The largest absolute Gasteiger partial charge is 0.328 e. The van der Waals surface area contributed by atoms with Crippen molar-refractivity contribution in [2.45, 2.75) is 19.9 Å². The Kier molecular flexibility index (Phi) is 4.36. The zero-order valence-electron chi connectivity index (χ0n) is 14.7. The lowest BCUT2D eigenvalue weighted by atomic mass is 10.0. The molecular weight excluding hydrogens is 320 g/mol. The molecule has 3 nitrogen and oxygen atoms in total. The van der Waals surface area contributed by atoms with E-state index in [1.54, 1.807) is 0 Å². The summed E-state index contributed by atoms with van der Waals surface area (Å²) in [5.41, 5.74) is 5.10. The number of ketones is 1. The standard InChI is InChI=1S/C23H20N2O/c1-17-24-21-9-5-6-10-22(21)25(17)16-15-23(26)20-13-11-19(12-14-20)18-7-3-2-4-8-18/h2-14H,15-16H2,1H3. The number of hydrogen-bond donors (Lipinski definition) is 0. The summed E-state index contributed by atoms with van der Waals surface area (Å²) in [6.07, 6.45) is 0.464. The Labute approximate surface area is 152 Å². The van der Waals surface area contributed by atoms with Crippen LogP contribution in [0.3, 0.4) is 0 Å². The van der Waals surface area contributed by atoms with Crippen molar-refractivity contribution in [1.29, 1.82) is 0 Å². The van der Waals surface area contributed by atoms with Crippen molar-refractivity contribution in [2.24, 2.45) is 0 Å². The van der Waals surface area contributed by atoms with E-state index in [1.165, 1.54) is 0 Å². The lowest BCUT2D eigenvalue weighted by molar-refractivity contribution is 0.0977. The Hall–Kier alpha value is -3.20. The maximum Gasteiger partial charge on any atom is 0.164 e. The SMILES string of the molecule is Cc1nc2ccccc2n1CCC(=O)c1ccc(-c2ccccc2)cc1. The average molecular weight is 340 g/mol. The minimum Gasteiger partial charge on any atom is -0.328 e. The maximum absolute atomic E-state index is 12.6. The predicted molar refractivity (Wildman–Crippen MR) is 105 cm³/mol. The number of nitrogens with zero attached hydrogens (tertiary/aromatic N) is 2. The van der Waals surface area contributed by atoms with Crippen LogP contribution in [0.5, 0.6) is 0 Å². The van der Waals surface area contributed by atoms with E-state index < -0.39 is 0 Å². The third-order valence-corrected chi connectivity index (χ3v) is 4.72. The second kappa shape index (κ2) is 6.96. The average Bonchev–Trinajstić information content (AvgIpc) is 3.02. The topological polar surface area (TPSA) is 34.9 Å². The van der Waals surface area contributed by atoms with Crippen molar-refractivity contribution in [2.75, 3.05) is 0 Å². The van der Waals surface area contributed by atoms with Gasteiger partial charge < -0.3 is 4.57 Å². The van der Waals surface area contributed by atoms with Crippen LogP contribution in [-0.2, 0) is 6.54 Å². The van der Waals surface area contributed by atoms with Crippen molar-refractivity contribution in [1.82, 2.24) is 9.55 Å². The van der Waals surface area contributed by atoms with Crippen LogP contribution in [-0.4, -0.2) is 15.3 Å². The van der Waals surface area contributed by atoms with Crippen LogP contribution in [0.25, 0.3) is 22.2 Å². The number of fused-ring (bicyclic) bond motifs is 1. The maximum atomic E-state index is 12.6. The summed E-state index contributed by atoms with van der Waals surface area (Å²) >= 11 is 0. The molecule has 0 saturated carbocycles. The first-order valence-electron chi connectivity index (χ1n) is 8.83. The molecule has 1 aromatic heterocycles. The molecule has 0 unspecified atom stereocenters. The van der Waals surface area contributed by atoms with Gasteiger partial charge in [0.2, 0.25) is 0 Å². The number of carbonyl (C=O) groups excluding carboxylic acids is 1. The lowest BCUT2D eigenvalue weighted by Gasteiger charge is -2.07. The predicted octanol–water partition coefficient (Wildman–Crippen LogP) is 5.28. The van der Waals surface area contributed by atoms with Crippen molar-refractivity contribution in [3.8, 4) is 11.1 Å². The summed E-state index contributed by atoms with van der Waals surface area (Å²) in [4.78, 5) is 17.2. The molecule has 0 aliphatic carbocycles. The fourth-order valence-corrected chi connectivity index (χ4v) is 3.32. The Morgan fingerprint density at radius 3 is 2.27 bits per heavy atom. The molecule has 1 heterocycles. The molecule has 0 fully saturated rings. The summed E-state index contributed by atoms with van der Waals surface area (Å²) < 4.78 is 2.12. The fraction of sp³-hybridized carbons (Fsp3) is 0.130. The van der Waals surface area contributed by atoms with Crippen molar-refractivity contribution in [3.05, 3.63) is 90.3 Å². The third-order valence-electron chi connectivity index (χ3n) is 4.72. The highest BCUT2D eigenvalue weighted by molar-refractivity contribution is 5.96. The van der Waals surface area contributed by atoms with E-state index in [0.717, 1.165) is 33.5 Å². The minimum atomic E-state index is 0.154. The van der Waals surface area contributed by atoms with E-state index in [0.29, 0.717) is 13.0 Å². The van der Waals surface area contributed by atoms with E-state index in [1.807, 2.05) is 67.6 Å². The molecule has 3 aromatic carbocycles. The molecule has 0 aliphatic rings. The number of benzene rings is 3. The molecule has 26 heavy (non-hydrogen) atoms. The highest BCUT2D eigenvalue weighted by atomic mass is 16.1. The summed E-state index contributed by atoms with van der Waals surface area (Å²) in [7, 11) is 0. The number of rotatable bonds is 5. The Morgan fingerprint density at radius 2 is 1.50 bits per heavy atom. The number of Topliss-reactive ketones (excluding diaryl/α,β-unsaturated/α-hetero) is 1. The zero-order chi connectivity index (χ0) is 17.9. The highest BCUT2D eigenvalue weighted by Gasteiger charge is 2.10. The number of hydrogen-bond acceptors (Lipinski definition) is 2. The number of aryl methyl sites for hydroxylation is 2. The fourth-order valence-electron chi connectivity index (χ4n) is 3.32.